The van der Waals surface area contributed by atoms with Crippen molar-refractivity contribution in [3.05, 3.63) is 28.2 Å². The molecule has 1 aliphatic heterocycles. The van der Waals surface area contributed by atoms with Gasteiger partial charge < -0.3 is 15.4 Å². The van der Waals surface area contributed by atoms with Crippen molar-refractivity contribution in [3.63, 3.8) is 0 Å². The zero-order chi connectivity index (χ0) is 14.5. The molecule has 1 aromatic rings. The fraction of sp³-hybridized carbons (Fsp3) is 0.533. The number of hydrogen-bond acceptors (Lipinski definition) is 3. The van der Waals surface area contributed by atoms with Gasteiger partial charge in [0.25, 0.3) is 0 Å². The van der Waals surface area contributed by atoms with Crippen LogP contribution in [0.2, 0.25) is 0 Å². The average molecular weight is 341 g/mol. The van der Waals surface area contributed by atoms with Crippen LogP contribution in [0, 0.1) is 12.8 Å². The largest absolute Gasteiger partial charge is 0.379 e. The molecule has 4 nitrogen and oxygen atoms in total. The molecule has 2 N–H and O–H groups in total. The summed E-state index contributed by atoms with van der Waals surface area (Å²) in [4.78, 5) is 12.3. The number of aryl methyl sites for hydroxylation is 1. The first-order valence-electron chi connectivity index (χ1n) is 7.00. The second-order valence-electron chi connectivity index (χ2n) is 5.16. The van der Waals surface area contributed by atoms with Crippen LogP contribution in [-0.4, -0.2) is 31.7 Å². The summed E-state index contributed by atoms with van der Waals surface area (Å²) in [6.07, 6.45) is 1.05. The first-order chi connectivity index (χ1) is 9.61. The van der Waals surface area contributed by atoms with Gasteiger partial charge >= 0.3 is 0 Å². The number of anilines is 1. The Bertz CT molecular complexity index is 479. The van der Waals surface area contributed by atoms with E-state index in [1.165, 1.54) is 0 Å². The standard InChI is InChI=1S/C15H21BrN2O2/c1-3-6-17-14-9-20-8-12(14)15(19)18-11-5-4-10(2)13(16)7-11/h4-5,7,12,14,17H,3,6,8-9H2,1-2H3,(H,18,19). The van der Waals surface area contributed by atoms with E-state index in [0.29, 0.717) is 13.2 Å². The lowest BCUT2D eigenvalue weighted by Gasteiger charge is -2.18. The van der Waals surface area contributed by atoms with E-state index in [9.17, 15) is 4.79 Å². The van der Waals surface area contributed by atoms with Crippen molar-refractivity contribution >= 4 is 27.5 Å². The molecule has 5 heteroatoms. The lowest BCUT2D eigenvalue weighted by Crippen LogP contribution is -2.41. The van der Waals surface area contributed by atoms with Crippen LogP contribution in [0.5, 0.6) is 0 Å². The van der Waals surface area contributed by atoms with Crippen molar-refractivity contribution in [1.82, 2.24) is 5.32 Å². The maximum Gasteiger partial charge on any atom is 0.231 e. The molecule has 0 saturated carbocycles. The number of carbonyl (C=O) groups is 1. The van der Waals surface area contributed by atoms with Crippen LogP contribution in [0.4, 0.5) is 5.69 Å². The van der Waals surface area contributed by atoms with Crippen LogP contribution in [0.3, 0.4) is 0 Å². The van der Waals surface area contributed by atoms with E-state index in [1.54, 1.807) is 0 Å². The normalized spacial score (nSPS) is 21.9. The van der Waals surface area contributed by atoms with Gasteiger partial charge in [0.15, 0.2) is 0 Å². The van der Waals surface area contributed by atoms with E-state index in [2.05, 4.69) is 33.5 Å². The third-order valence-electron chi connectivity index (χ3n) is 3.51. The average Bonchev–Trinajstić information content (AvgIpc) is 2.89. The smallest absolute Gasteiger partial charge is 0.231 e. The second kappa shape index (κ2) is 7.20. The number of hydrogen-bond donors (Lipinski definition) is 2. The fourth-order valence-electron chi connectivity index (χ4n) is 2.25. The predicted molar refractivity (Wildman–Crippen MR) is 83.9 cm³/mol. The number of rotatable bonds is 5. The maximum atomic E-state index is 12.3. The molecule has 1 aromatic carbocycles. The quantitative estimate of drug-likeness (QED) is 0.866. The lowest BCUT2D eigenvalue weighted by atomic mass is 10.0. The van der Waals surface area contributed by atoms with Crippen molar-refractivity contribution in [3.8, 4) is 0 Å². The molecule has 2 unspecified atom stereocenters. The summed E-state index contributed by atoms with van der Waals surface area (Å²) in [5.74, 6) is -0.103. The van der Waals surface area contributed by atoms with Crippen LogP contribution in [0.1, 0.15) is 18.9 Å². The second-order valence-corrected chi connectivity index (χ2v) is 6.01. The zero-order valence-corrected chi connectivity index (χ0v) is 13.5. The molecule has 1 heterocycles. The fourth-order valence-corrected chi connectivity index (χ4v) is 2.63. The highest BCUT2D eigenvalue weighted by Gasteiger charge is 2.33. The molecule has 2 atom stereocenters. The predicted octanol–water partition coefficient (Wildman–Crippen LogP) is 2.71. The molecule has 0 aromatic heterocycles. The molecule has 0 bridgehead atoms. The SMILES string of the molecule is CCCNC1COCC1C(=O)Nc1ccc(C)c(Br)c1. The monoisotopic (exact) mass is 340 g/mol. The third kappa shape index (κ3) is 3.81. The number of carbonyl (C=O) groups excluding carboxylic acids is 1. The van der Waals surface area contributed by atoms with Crippen molar-refractivity contribution in [2.75, 3.05) is 25.1 Å². The number of halogens is 1. The Morgan fingerprint density at radius 3 is 2.95 bits per heavy atom. The van der Waals surface area contributed by atoms with Crippen LogP contribution in [0.15, 0.2) is 22.7 Å². The van der Waals surface area contributed by atoms with Crippen LogP contribution in [-0.2, 0) is 9.53 Å². The highest BCUT2D eigenvalue weighted by Crippen LogP contribution is 2.22. The molecule has 110 valence electrons. The first-order valence-corrected chi connectivity index (χ1v) is 7.79. The molecule has 1 aliphatic rings. The first kappa shape index (κ1) is 15.5. The highest BCUT2D eigenvalue weighted by atomic mass is 79.9. The molecule has 20 heavy (non-hydrogen) atoms. The summed E-state index contributed by atoms with van der Waals surface area (Å²) in [7, 11) is 0. The molecule has 1 saturated heterocycles. The maximum absolute atomic E-state index is 12.3. The molecule has 1 amide bonds. The van der Waals surface area contributed by atoms with Gasteiger partial charge in [-0.25, -0.2) is 0 Å². The van der Waals surface area contributed by atoms with Gasteiger partial charge in [-0.3, -0.25) is 4.79 Å². The minimum atomic E-state index is -0.123. The van der Waals surface area contributed by atoms with Crippen LogP contribution < -0.4 is 10.6 Å². The van der Waals surface area contributed by atoms with E-state index in [4.69, 9.17) is 4.74 Å². The van der Waals surface area contributed by atoms with Crippen molar-refractivity contribution in [2.24, 2.45) is 5.92 Å². The van der Waals surface area contributed by atoms with Crippen LogP contribution in [0.25, 0.3) is 0 Å². The summed E-state index contributed by atoms with van der Waals surface area (Å²) in [6.45, 7) is 6.14. The van der Waals surface area contributed by atoms with Gasteiger partial charge in [0.1, 0.15) is 0 Å². The van der Waals surface area contributed by atoms with E-state index < -0.39 is 0 Å². The Balaban J connectivity index is 1.98. The molecule has 1 fully saturated rings. The van der Waals surface area contributed by atoms with Gasteiger partial charge in [0.05, 0.1) is 19.1 Å². The molecule has 0 radical (unpaired) electrons. The van der Waals surface area contributed by atoms with Gasteiger partial charge in [0, 0.05) is 16.2 Å². The Morgan fingerprint density at radius 1 is 1.45 bits per heavy atom. The number of amides is 1. The highest BCUT2D eigenvalue weighted by molar-refractivity contribution is 9.10. The molecule has 2 rings (SSSR count). The van der Waals surface area contributed by atoms with Gasteiger partial charge in [-0.15, -0.1) is 0 Å². The lowest BCUT2D eigenvalue weighted by molar-refractivity contribution is -0.120. The van der Waals surface area contributed by atoms with Gasteiger partial charge in [0.2, 0.25) is 5.91 Å². The summed E-state index contributed by atoms with van der Waals surface area (Å²) >= 11 is 3.48. The zero-order valence-electron chi connectivity index (χ0n) is 11.9. The van der Waals surface area contributed by atoms with Crippen molar-refractivity contribution < 1.29 is 9.53 Å². The van der Waals surface area contributed by atoms with E-state index in [0.717, 1.165) is 28.7 Å². The molecule has 0 spiro atoms. The minimum absolute atomic E-state index is 0.0202. The molecule has 0 aliphatic carbocycles. The Kier molecular flexibility index (Phi) is 5.57. The minimum Gasteiger partial charge on any atom is -0.379 e. The topological polar surface area (TPSA) is 50.4 Å². The van der Waals surface area contributed by atoms with Gasteiger partial charge in [-0.1, -0.05) is 28.9 Å². The van der Waals surface area contributed by atoms with Crippen molar-refractivity contribution in [1.29, 1.82) is 0 Å². The van der Waals surface area contributed by atoms with Gasteiger partial charge in [-0.2, -0.15) is 0 Å². The van der Waals surface area contributed by atoms with E-state index in [1.807, 2.05) is 25.1 Å². The van der Waals surface area contributed by atoms with E-state index in [-0.39, 0.29) is 17.9 Å². The summed E-state index contributed by atoms with van der Waals surface area (Å²) < 4.78 is 6.43. The number of benzene rings is 1. The van der Waals surface area contributed by atoms with Crippen molar-refractivity contribution in [2.45, 2.75) is 26.3 Å². The summed E-state index contributed by atoms with van der Waals surface area (Å²) in [6, 6.07) is 5.95. The Hall–Kier alpha value is -0.910. The molecular weight excluding hydrogens is 320 g/mol. The summed E-state index contributed by atoms with van der Waals surface area (Å²) in [5.41, 5.74) is 1.96. The number of nitrogens with one attached hydrogen (secondary N) is 2. The third-order valence-corrected chi connectivity index (χ3v) is 4.37. The number of ether oxygens (including phenoxy) is 1. The molecular formula is C15H21BrN2O2. The summed E-state index contributed by atoms with van der Waals surface area (Å²) in [5, 5.41) is 6.34. The Labute approximate surface area is 128 Å². The van der Waals surface area contributed by atoms with Gasteiger partial charge in [-0.05, 0) is 37.6 Å². The van der Waals surface area contributed by atoms with Crippen LogP contribution >= 0.6 is 15.9 Å². The Morgan fingerprint density at radius 2 is 2.25 bits per heavy atom. The van der Waals surface area contributed by atoms with E-state index >= 15 is 0 Å².